The number of aryl methyl sites for hydroxylation is 1. The van der Waals surface area contributed by atoms with E-state index in [1.165, 1.54) is 5.56 Å². The number of hydrogen-bond acceptors (Lipinski definition) is 3. The average molecular weight is 245 g/mol. The summed E-state index contributed by atoms with van der Waals surface area (Å²) >= 11 is 0. The van der Waals surface area contributed by atoms with E-state index < -0.39 is 0 Å². The summed E-state index contributed by atoms with van der Waals surface area (Å²) in [6.07, 6.45) is 1.10. The summed E-state index contributed by atoms with van der Waals surface area (Å²) < 4.78 is 7.62. The fourth-order valence-electron chi connectivity index (χ4n) is 2.80. The lowest BCUT2D eigenvalue weighted by Crippen LogP contribution is -2.18. The Morgan fingerprint density at radius 3 is 3.06 bits per heavy atom. The molecule has 0 saturated carbocycles. The highest BCUT2D eigenvalue weighted by Crippen LogP contribution is 2.31. The predicted octanol–water partition coefficient (Wildman–Crippen LogP) is 2.52. The molecule has 2 heterocycles. The highest BCUT2D eigenvalue weighted by atomic mass is 16.5. The molecule has 0 radical (unpaired) electrons. The number of fused-ring (bicyclic) bond motifs is 1. The van der Waals surface area contributed by atoms with Gasteiger partial charge in [-0.3, -0.25) is 0 Å². The SMILES string of the molecule is Cc1ccc2c(c1)nc(N)n2C(C)C1CCOC1. The molecule has 0 spiro atoms. The molecule has 2 aromatic rings. The van der Waals surface area contributed by atoms with E-state index >= 15 is 0 Å². The summed E-state index contributed by atoms with van der Waals surface area (Å²) in [5, 5.41) is 0. The van der Waals surface area contributed by atoms with Crippen LogP contribution in [-0.2, 0) is 4.74 Å². The van der Waals surface area contributed by atoms with Gasteiger partial charge in [-0.25, -0.2) is 4.98 Å². The molecule has 1 aliphatic rings. The van der Waals surface area contributed by atoms with E-state index in [0.29, 0.717) is 17.9 Å². The zero-order chi connectivity index (χ0) is 12.7. The van der Waals surface area contributed by atoms with Gasteiger partial charge in [-0.05, 0) is 38.0 Å². The number of hydrogen-bond donors (Lipinski definition) is 1. The third kappa shape index (κ3) is 1.77. The summed E-state index contributed by atoms with van der Waals surface area (Å²) in [6.45, 7) is 5.96. The number of anilines is 1. The van der Waals surface area contributed by atoms with Crippen molar-refractivity contribution < 1.29 is 4.74 Å². The van der Waals surface area contributed by atoms with Crippen molar-refractivity contribution in [2.24, 2.45) is 5.92 Å². The van der Waals surface area contributed by atoms with Crippen LogP contribution in [0.5, 0.6) is 0 Å². The monoisotopic (exact) mass is 245 g/mol. The molecule has 2 unspecified atom stereocenters. The summed E-state index contributed by atoms with van der Waals surface area (Å²) in [5.74, 6) is 1.14. The van der Waals surface area contributed by atoms with Gasteiger partial charge in [0.25, 0.3) is 0 Å². The summed E-state index contributed by atoms with van der Waals surface area (Å²) in [6, 6.07) is 6.64. The van der Waals surface area contributed by atoms with Crippen LogP contribution < -0.4 is 5.73 Å². The number of imidazole rings is 1. The van der Waals surface area contributed by atoms with Crippen molar-refractivity contribution >= 4 is 17.0 Å². The van der Waals surface area contributed by atoms with Crippen molar-refractivity contribution in [2.45, 2.75) is 26.3 Å². The molecule has 1 aromatic carbocycles. The Balaban J connectivity index is 2.07. The van der Waals surface area contributed by atoms with Crippen molar-refractivity contribution in [3.63, 3.8) is 0 Å². The molecule has 4 heteroatoms. The van der Waals surface area contributed by atoms with Crippen LogP contribution >= 0.6 is 0 Å². The van der Waals surface area contributed by atoms with E-state index in [1.54, 1.807) is 0 Å². The van der Waals surface area contributed by atoms with Crippen LogP contribution in [0.25, 0.3) is 11.0 Å². The van der Waals surface area contributed by atoms with Crippen LogP contribution in [0.15, 0.2) is 18.2 Å². The molecular formula is C14H19N3O. The fourth-order valence-corrected chi connectivity index (χ4v) is 2.80. The lowest BCUT2D eigenvalue weighted by Gasteiger charge is -2.21. The molecule has 0 amide bonds. The first-order chi connectivity index (χ1) is 8.66. The average Bonchev–Trinajstić information content (AvgIpc) is 2.94. The lowest BCUT2D eigenvalue weighted by molar-refractivity contribution is 0.176. The largest absolute Gasteiger partial charge is 0.381 e. The smallest absolute Gasteiger partial charge is 0.201 e. The second-order valence-electron chi connectivity index (χ2n) is 5.20. The van der Waals surface area contributed by atoms with Crippen molar-refractivity contribution in [3.8, 4) is 0 Å². The first-order valence-electron chi connectivity index (χ1n) is 6.48. The van der Waals surface area contributed by atoms with Gasteiger partial charge in [-0.15, -0.1) is 0 Å². The maximum absolute atomic E-state index is 6.08. The zero-order valence-electron chi connectivity index (χ0n) is 10.9. The van der Waals surface area contributed by atoms with Crippen LogP contribution in [-0.4, -0.2) is 22.8 Å². The summed E-state index contributed by atoms with van der Waals surface area (Å²) in [5.41, 5.74) is 9.40. The van der Waals surface area contributed by atoms with Crippen LogP contribution in [0.1, 0.15) is 24.9 Å². The molecule has 0 bridgehead atoms. The Morgan fingerprint density at radius 1 is 1.50 bits per heavy atom. The van der Waals surface area contributed by atoms with E-state index in [4.69, 9.17) is 10.5 Å². The van der Waals surface area contributed by atoms with Crippen LogP contribution in [0.3, 0.4) is 0 Å². The second kappa shape index (κ2) is 4.28. The van der Waals surface area contributed by atoms with Crippen molar-refractivity contribution in [1.29, 1.82) is 0 Å². The molecule has 2 atom stereocenters. The molecule has 2 N–H and O–H groups in total. The quantitative estimate of drug-likeness (QED) is 0.884. The summed E-state index contributed by atoms with van der Waals surface area (Å²) in [4.78, 5) is 4.47. The normalized spacial score (nSPS) is 21.6. The molecule has 1 fully saturated rings. The maximum atomic E-state index is 6.08. The van der Waals surface area contributed by atoms with Gasteiger partial charge in [0.2, 0.25) is 5.95 Å². The molecule has 1 saturated heterocycles. The van der Waals surface area contributed by atoms with E-state index in [1.807, 2.05) is 0 Å². The molecule has 3 rings (SSSR count). The van der Waals surface area contributed by atoms with Gasteiger partial charge >= 0.3 is 0 Å². The summed E-state index contributed by atoms with van der Waals surface area (Å²) in [7, 11) is 0. The Kier molecular flexibility index (Phi) is 2.74. The number of nitrogens with two attached hydrogens (primary N) is 1. The Morgan fingerprint density at radius 2 is 2.33 bits per heavy atom. The molecule has 18 heavy (non-hydrogen) atoms. The van der Waals surface area contributed by atoms with Crippen LogP contribution in [0, 0.1) is 12.8 Å². The Bertz CT molecular complexity index is 570. The lowest BCUT2D eigenvalue weighted by atomic mass is 10.0. The number of nitrogens with zero attached hydrogens (tertiary/aromatic N) is 2. The predicted molar refractivity (Wildman–Crippen MR) is 72.5 cm³/mol. The zero-order valence-corrected chi connectivity index (χ0v) is 10.9. The van der Waals surface area contributed by atoms with E-state index in [2.05, 4.69) is 41.6 Å². The molecule has 1 aliphatic heterocycles. The third-order valence-corrected chi connectivity index (χ3v) is 3.93. The maximum Gasteiger partial charge on any atom is 0.201 e. The van der Waals surface area contributed by atoms with Crippen LogP contribution in [0.4, 0.5) is 5.95 Å². The van der Waals surface area contributed by atoms with Crippen molar-refractivity contribution in [1.82, 2.24) is 9.55 Å². The molecule has 4 nitrogen and oxygen atoms in total. The Hall–Kier alpha value is -1.55. The van der Waals surface area contributed by atoms with Gasteiger partial charge in [-0.1, -0.05) is 6.07 Å². The minimum absolute atomic E-state index is 0.334. The molecule has 1 aromatic heterocycles. The van der Waals surface area contributed by atoms with Crippen molar-refractivity contribution in [3.05, 3.63) is 23.8 Å². The van der Waals surface area contributed by atoms with Gasteiger partial charge in [0.1, 0.15) is 0 Å². The highest BCUT2D eigenvalue weighted by Gasteiger charge is 2.26. The van der Waals surface area contributed by atoms with Gasteiger partial charge in [0.05, 0.1) is 17.6 Å². The van der Waals surface area contributed by atoms with Crippen molar-refractivity contribution in [2.75, 3.05) is 18.9 Å². The molecule has 0 aliphatic carbocycles. The number of ether oxygens (including phenoxy) is 1. The van der Waals surface area contributed by atoms with Crippen LogP contribution in [0.2, 0.25) is 0 Å². The van der Waals surface area contributed by atoms with Gasteiger partial charge in [0.15, 0.2) is 0 Å². The Labute approximate surface area is 107 Å². The molecule has 96 valence electrons. The highest BCUT2D eigenvalue weighted by molar-refractivity contribution is 5.79. The fraction of sp³-hybridized carbons (Fsp3) is 0.500. The first kappa shape index (κ1) is 11.5. The van der Waals surface area contributed by atoms with E-state index in [9.17, 15) is 0 Å². The number of rotatable bonds is 2. The topological polar surface area (TPSA) is 53.1 Å². The van der Waals surface area contributed by atoms with E-state index in [0.717, 1.165) is 30.7 Å². The van der Waals surface area contributed by atoms with Gasteiger partial charge in [-0.2, -0.15) is 0 Å². The minimum Gasteiger partial charge on any atom is -0.381 e. The second-order valence-corrected chi connectivity index (χ2v) is 5.20. The first-order valence-corrected chi connectivity index (χ1v) is 6.48. The number of aromatic nitrogens is 2. The van der Waals surface area contributed by atoms with Gasteiger partial charge in [0, 0.05) is 18.6 Å². The standard InChI is InChI=1S/C14H19N3O/c1-9-3-4-13-12(7-9)16-14(15)17(13)10(2)11-5-6-18-8-11/h3-4,7,10-11H,5-6,8H2,1-2H3,(H2,15,16). The van der Waals surface area contributed by atoms with Gasteiger partial charge < -0.3 is 15.0 Å². The van der Waals surface area contributed by atoms with E-state index in [-0.39, 0.29) is 0 Å². The third-order valence-electron chi connectivity index (χ3n) is 3.93. The number of nitrogen functional groups attached to an aromatic ring is 1. The number of benzene rings is 1. The molecular weight excluding hydrogens is 226 g/mol. The minimum atomic E-state index is 0.334.